The molecule has 88 valence electrons. The first-order chi connectivity index (χ1) is 7.81. The van der Waals surface area contributed by atoms with E-state index in [0.717, 1.165) is 25.9 Å². The van der Waals surface area contributed by atoms with Crippen LogP contribution >= 0.6 is 0 Å². The molecular weight excluding hydrogens is 206 g/mol. The van der Waals surface area contributed by atoms with E-state index in [0.29, 0.717) is 18.2 Å². The normalized spacial score (nSPS) is 17.3. The van der Waals surface area contributed by atoms with Crippen LogP contribution in [0.15, 0.2) is 12.4 Å². The number of ether oxygens (including phenoxy) is 1. The number of carbonyl (C=O) groups excluding carboxylic acids is 1. The van der Waals surface area contributed by atoms with E-state index in [1.165, 1.54) is 0 Å². The second kappa shape index (κ2) is 5.12. The van der Waals surface area contributed by atoms with Gasteiger partial charge in [0, 0.05) is 6.20 Å². The average Bonchev–Trinajstić information content (AvgIpc) is 2.80. The second-order valence-electron chi connectivity index (χ2n) is 3.91. The highest BCUT2D eigenvalue weighted by Crippen LogP contribution is 2.18. The highest BCUT2D eigenvalue weighted by Gasteiger charge is 2.17. The Balaban J connectivity index is 2.03. The lowest BCUT2D eigenvalue weighted by Gasteiger charge is -2.22. The summed E-state index contributed by atoms with van der Waals surface area (Å²) in [6.07, 6.45) is 5.49. The van der Waals surface area contributed by atoms with Gasteiger partial charge >= 0.3 is 5.97 Å². The topological polar surface area (TPSA) is 56.1 Å². The van der Waals surface area contributed by atoms with Crippen LogP contribution in [0.3, 0.4) is 0 Å². The highest BCUT2D eigenvalue weighted by molar-refractivity contribution is 5.88. The van der Waals surface area contributed by atoms with Gasteiger partial charge in [0.1, 0.15) is 0 Å². The molecule has 1 aliphatic heterocycles. The first-order valence-corrected chi connectivity index (χ1v) is 5.73. The van der Waals surface area contributed by atoms with Gasteiger partial charge in [0.05, 0.1) is 24.4 Å². The van der Waals surface area contributed by atoms with Crippen molar-refractivity contribution in [2.24, 2.45) is 0 Å². The van der Waals surface area contributed by atoms with Gasteiger partial charge in [-0.1, -0.05) is 0 Å². The molecule has 1 aromatic rings. The lowest BCUT2D eigenvalue weighted by Crippen LogP contribution is -2.29. The summed E-state index contributed by atoms with van der Waals surface area (Å²) in [6.45, 7) is 4.23. The summed E-state index contributed by atoms with van der Waals surface area (Å²) in [7, 11) is 0. The van der Waals surface area contributed by atoms with E-state index in [1.54, 1.807) is 19.3 Å². The molecule has 0 saturated carbocycles. The molecule has 0 aliphatic carbocycles. The van der Waals surface area contributed by atoms with Gasteiger partial charge in [0.25, 0.3) is 0 Å². The molecular formula is C11H17N3O2. The summed E-state index contributed by atoms with van der Waals surface area (Å²) in [6, 6.07) is 0.407. The number of nitrogens with zero attached hydrogens (tertiary/aromatic N) is 2. The SMILES string of the molecule is CCOC(=O)c1cnn(C2CCNCC2)c1. The molecule has 0 radical (unpaired) electrons. The van der Waals surface area contributed by atoms with Crippen molar-refractivity contribution in [2.75, 3.05) is 19.7 Å². The molecule has 1 aliphatic rings. The molecule has 5 nitrogen and oxygen atoms in total. The van der Waals surface area contributed by atoms with Gasteiger partial charge in [0.2, 0.25) is 0 Å². The molecule has 1 aromatic heterocycles. The number of hydrogen-bond donors (Lipinski definition) is 1. The minimum absolute atomic E-state index is 0.289. The van der Waals surface area contributed by atoms with Crippen molar-refractivity contribution in [1.82, 2.24) is 15.1 Å². The van der Waals surface area contributed by atoms with Crippen molar-refractivity contribution in [2.45, 2.75) is 25.8 Å². The number of piperidine rings is 1. The van der Waals surface area contributed by atoms with Gasteiger partial charge in [-0.25, -0.2) is 4.79 Å². The Hall–Kier alpha value is -1.36. The summed E-state index contributed by atoms with van der Waals surface area (Å²) < 4.78 is 6.81. The quantitative estimate of drug-likeness (QED) is 0.776. The van der Waals surface area contributed by atoms with Crippen molar-refractivity contribution in [3.63, 3.8) is 0 Å². The molecule has 1 N–H and O–H groups in total. The fourth-order valence-corrected chi connectivity index (χ4v) is 1.93. The van der Waals surface area contributed by atoms with Crippen LogP contribution in [0, 0.1) is 0 Å². The molecule has 2 rings (SSSR count). The Morgan fingerprint density at radius 1 is 1.62 bits per heavy atom. The summed E-state index contributed by atoms with van der Waals surface area (Å²) in [5.41, 5.74) is 0.542. The molecule has 2 heterocycles. The van der Waals surface area contributed by atoms with Gasteiger partial charge in [-0.3, -0.25) is 4.68 Å². The van der Waals surface area contributed by atoms with E-state index in [9.17, 15) is 4.79 Å². The average molecular weight is 223 g/mol. The third-order valence-corrected chi connectivity index (χ3v) is 2.80. The summed E-state index contributed by atoms with van der Waals surface area (Å²) >= 11 is 0. The zero-order valence-corrected chi connectivity index (χ0v) is 9.48. The lowest BCUT2D eigenvalue weighted by molar-refractivity contribution is 0.0526. The van der Waals surface area contributed by atoms with Crippen molar-refractivity contribution >= 4 is 5.97 Å². The maximum absolute atomic E-state index is 11.5. The van der Waals surface area contributed by atoms with Gasteiger partial charge in [0.15, 0.2) is 0 Å². The van der Waals surface area contributed by atoms with Gasteiger partial charge in [-0.2, -0.15) is 5.10 Å². The maximum Gasteiger partial charge on any atom is 0.341 e. The van der Waals surface area contributed by atoms with Gasteiger partial charge in [-0.15, -0.1) is 0 Å². The Labute approximate surface area is 94.8 Å². The zero-order chi connectivity index (χ0) is 11.4. The summed E-state index contributed by atoms with van der Waals surface area (Å²) in [4.78, 5) is 11.5. The van der Waals surface area contributed by atoms with Crippen LogP contribution in [0.5, 0.6) is 0 Å². The van der Waals surface area contributed by atoms with E-state index >= 15 is 0 Å². The highest BCUT2D eigenvalue weighted by atomic mass is 16.5. The van der Waals surface area contributed by atoms with Crippen LogP contribution in [0.4, 0.5) is 0 Å². The second-order valence-corrected chi connectivity index (χ2v) is 3.91. The Bertz CT molecular complexity index is 356. The predicted octanol–water partition coefficient (Wildman–Crippen LogP) is 0.984. The minimum Gasteiger partial charge on any atom is -0.462 e. The van der Waals surface area contributed by atoms with Crippen molar-refractivity contribution in [3.05, 3.63) is 18.0 Å². The molecule has 0 aromatic carbocycles. The van der Waals surface area contributed by atoms with E-state index < -0.39 is 0 Å². The smallest absolute Gasteiger partial charge is 0.341 e. The Morgan fingerprint density at radius 3 is 3.06 bits per heavy atom. The van der Waals surface area contributed by atoms with Crippen molar-refractivity contribution < 1.29 is 9.53 Å². The van der Waals surface area contributed by atoms with Crippen LogP contribution in [0.1, 0.15) is 36.2 Å². The van der Waals surface area contributed by atoms with E-state index in [1.807, 2.05) is 4.68 Å². The number of carbonyl (C=O) groups is 1. The molecule has 1 saturated heterocycles. The largest absolute Gasteiger partial charge is 0.462 e. The van der Waals surface area contributed by atoms with Crippen LogP contribution in [-0.2, 0) is 4.74 Å². The lowest BCUT2D eigenvalue weighted by atomic mass is 10.1. The predicted molar refractivity (Wildman–Crippen MR) is 59.3 cm³/mol. The minimum atomic E-state index is -0.289. The van der Waals surface area contributed by atoms with E-state index in [2.05, 4.69) is 10.4 Å². The molecule has 0 spiro atoms. The number of esters is 1. The van der Waals surface area contributed by atoms with Crippen LogP contribution < -0.4 is 5.32 Å². The van der Waals surface area contributed by atoms with Crippen molar-refractivity contribution in [3.8, 4) is 0 Å². The van der Waals surface area contributed by atoms with Crippen LogP contribution in [-0.4, -0.2) is 35.4 Å². The Kier molecular flexibility index (Phi) is 3.56. The monoisotopic (exact) mass is 223 g/mol. The fraction of sp³-hybridized carbons (Fsp3) is 0.636. The zero-order valence-electron chi connectivity index (χ0n) is 9.48. The third-order valence-electron chi connectivity index (χ3n) is 2.80. The van der Waals surface area contributed by atoms with Crippen LogP contribution in [0.2, 0.25) is 0 Å². The van der Waals surface area contributed by atoms with Crippen LogP contribution in [0.25, 0.3) is 0 Å². The summed E-state index contributed by atoms with van der Waals surface area (Å²) in [5, 5.41) is 7.53. The van der Waals surface area contributed by atoms with Crippen molar-refractivity contribution in [1.29, 1.82) is 0 Å². The van der Waals surface area contributed by atoms with E-state index in [4.69, 9.17) is 4.74 Å². The molecule has 0 unspecified atom stereocenters. The molecule has 5 heteroatoms. The molecule has 0 bridgehead atoms. The maximum atomic E-state index is 11.5. The number of nitrogens with one attached hydrogen (secondary N) is 1. The fourth-order valence-electron chi connectivity index (χ4n) is 1.93. The molecule has 0 atom stereocenters. The van der Waals surface area contributed by atoms with Gasteiger partial charge < -0.3 is 10.1 Å². The van der Waals surface area contributed by atoms with E-state index in [-0.39, 0.29) is 5.97 Å². The molecule has 16 heavy (non-hydrogen) atoms. The first kappa shape index (κ1) is 11.1. The Morgan fingerprint density at radius 2 is 2.38 bits per heavy atom. The third kappa shape index (κ3) is 2.41. The first-order valence-electron chi connectivity index (χ1n) is 5.73. The molecule has 1 fully saturated rings. The number of hydrogen-bond acceptors (Lipinski definition) is 4. The molecule has 0 amide bonds. The number of rotatable bonds is 3. The van der Waals surface area contributed by atoms with Gasteiger partial charge in [-0.05, 0) is 32.9 Å². The number of aromatic nitrogens is 2. The standard InChI is InChI=1S/C11H17N3O2/c1-2-16-11(15)9-7-13-14(8-9)10-3-5-12-6-4-10/h7-8,10,12H,2-6H2,1H3. The summed E-state index contributed by atoms with van der Waals surface area (Å²) in [5.74, 6) is -0.289.